The third kappa shape index (κ3) is 4.24. The minimum atomic E-state index is -1.46. The number of anilines is 1. The lowest BCUT2D eigenvalue weighted by molar-refractivity contribution is -0.385. The molecule has 0 saturated heterocycles. The SMILES string of the molecule is O=C(Nc1ncc([N+](=O)[O-])cc1C(=O)O)OCc1ccccc1. The monoisotopic (exact) mass is 317 g/mol. The van der Waals surface area contributed by atoms with Crippen molar-refractivity contribution in [1.82, 2.24) is 4.98 Å². The second-order valence-corrected chi connectivity index (χ2v) is 4.34. The van der Waals surface area contributed by atoms with Gasteiger partial charge in [0.05, 0.1) is 4.92 Å². The summed E-state index contributed by atoms with van der Waals surface area (Å²) >= 11 is 0. The van der Waals surface area contributed by atoms with Crippen molar-refractivity contribution >= 4 is 23.6 Å². The first-order valence-corrected chi connectivity index (χ1v) is 6.33. The van der Waals surface area contributed by atoms with E-state index in [0.717, 1.165) is 17.8 Å². The third-order valence-corrected chi connectivity index (χ3v) is 2.75. The highest BCUT2D eigenvalue weighted by molar-refractivity contribution is 5.97. The van der Waals surface area contributed by atoms with Crippen LogP contribution < -0.4 is 5.32 Å². The Morgan fingerprint density at radius 2 is 2.00 bits per heavy atom. The van der Waals surface area contributed by atoms with Gasteiger partial charge in [0, 0.05) is 6.07 Å². The highest BCUT2D eigenvalue weighted by Crippen LogP contribution is 2.19. The second-order valence-electron chi connectivity index (χ2n) is 4.34. The quantitative estimate of drug-likeness (QED) is 0.639. The summed E-state index contributed by atoms with van der Waals surface area (Å²) in [7, 11) is 0. The molecule has 0 radical (unpaired) electrons. The van der Waals surface area contributed by atoms with Crippen molar-refractivity contribution in [1.29, 1.82) is 0 Å². The number of aromatic nitrogens is 1. The van der Waals surface area contributed by atoms with E-state index in [0.29, 0.717) is 0 Å². The van der Waals surface area contributed by atoms with Gasteiger partial charge in [-0.3, -0.25) is 15.4 Å². The molecule has 23 heavy (non-hydrogen) atoms. The Morgan fingerprint density at radius 3 is 2.61 bits per heavy atom. The van der Waals surface area contributed by atoms with Gasteiger partial charge in [-0.05, 0) is 5.56 Å². The maximum absolute atomic E-state index is 11.7. The highest BCUT2D eigenvalue weighted by atomic mass is 16.6. The van der Waals surface area contributed by atoms with Gasteiger partial charge in [0.25, 0.3) is 5.69 Å². The molecule has 1 aromatic heterocycles. The largest absolute Gasteiger partial charge is 0.478 e. The van der Waals surface area contributed by atoms with Crippen LogP contribution in [-0.4, -0.2) is 27.1 Å². The number of pyridine rings is 1. The van der Waals surface area contributed by atoms with Crippen molar-refractivity contribution in [2.45, 2.75) is 6.61 Å². The van der Waals surface area contributed by atoms with Crippen molar-refractivity contribution in [3.8, 4) is 0 Å². The van der Waals surface area contributed by atoms with Gasteiger partial charge in [-0.15, -0.1) is 0 Å². The van der Waals surface area contributed by atoms with E-state index in [1.54, 1.807) is 24.3 Å². The first kappa shape index (κ1) is 15.9. The van der Waals surface area contributed by atoms with E-state index in [-0.39, 0.29) is 12.4 Å². The zero-order valence-corrected chi connectivity index (χ0v) is 11.6. The Hall–Kier alpha value is -3.49. The minimum Gasteiger partial charge on any atom is -0.478 e. The molecule has 0 fully saturated rings. The van der Waals surface area contributed by atoms with E-state index in [1.165, 1.54) is 0 Å². The zero-order valence-electron chi connectivity index (χ0n) is 11.6. The van der Waals surface area contributed by atoms with E-state index in [2.05, 4.69) is 10.3 Å². The Labute approximate surface area is 129 Å². The number of nitrogens with zero attached hydrogens (tertiary/aromatic N) is 2. The third-order valence-electron chi connectivity index (χ3n) is 2.75. The fourth-order valence-corrected chi connectivity index (χ4v) is 1.67. The maximum Gasteiger partial charge on any atom is 0.413 e. The molecule has 1 aromatic carbocycles. The van der Waals surface area contributed by atoms with Crippen LogP contribution in [0.4, 0.5) is 16.3 Å². The molecule has 0 aliphatic carbocycles. The van der Waals surface area contributed by atoms with Gasteiger partial charge >= 0.3 is 12.1 Å². The fraction of sp³-hybridized carbons (Fsp3) is 0.0714. The van der Waals surface area contributed by atoms with Crippen LogP contribution in [0.25, 0.3) is 0 Å². The number of carbonyl (C=O) groups is 2. The van der Waals surface area contributed by atoms with Crippen LogP contribution >= 0.6 is 0 Å². The first-order valence-electron chi connectivity index (χ1n) is 6.33. The molecule has 9 nitrogen and oxygen atoms in total. The molecule has 0 saturated carbocycles. The van der Waals surface area contributed by atoms with E-state index in [4.69, 9.17) is 9.84 Å². The lowest BCUT2D eigenvalue weighted by Gasteiger charge is -2.08. The van der Waals surface area contributed by atoms with Gasteiger partial charge in [-0.1, -0.05) is 30.3 Å². The van der Waals surface area contributed by atoms with Crippen LogP contribution in [0.1, 0.15) is 15.9 Å². The van der Waals surface area contributed by atoms with Gasteiger partial charge in [0.1, 0.15) is 24.2 Å². The van der Waals surface area contributed by atoms with Crippen molar-refractivity contribution < 1.29 is 24.4 Å². The number of carboxylic acid groups (broad SMARTS) is 1. The van der Waals surface area contributed by atoms with E-state index < -0.39 is 28.2 Å². The number of benzene rings is 1. The smallest absolute Gasteiger partial charge is 0.413 e. The number of amides is 1. The fourth-order valence-electron chi connectivity index (χ4n) is 1.67. The molecule has 0 aliphatic heterocycles. The number of aromatic carboxylic acids is 1. The summed E-state index contributed by atoms with van der Waals surface area (Å²) in [4.78, 5) is 36.2. The lowest BCUT2D eigenvalue weighted by Crippen LogP contribution is -2.17. The molecule has 2 rings (SSSR count). The number of ether oxygens (including phenoxy) is 1. The van der Waals surface area contributed by atoms with Crippen LogP contribution in [-0.2, 0) is 11.3 Å². The summed E-state index contributed by atoms with van der Waals surface area (Å²) in [6.45, 7) is -0.0118. The Kier molecular flexibility index (Phi) is 4.82. The molecule has 2 aromatic rings. The normalized spacial score (nSPS) is 9.91. The van der Waals surface area contributed by atoms with Gasteiger partial charge in [-0.25, -0.2) is 14.6 Å². The summed E-state index contributed by atoms with van der Waals surface area (Å²) in [5.74, 6) is -1.79. The predicted molar refractivity (Wildman–Crippen MR) is 78.1 cm³/mol. The highest BCUT2D eigenvalue weighted by Gasteiger charge is 2.19. The van der Waals surface area contributed by atoms with Gasteiger partial charge in [0.15, 0.2) is 0 Å². The zero-order chi connectivity index (χ0) is 16.8. The predicted octanol–water partition coefficient (Wildman–Crippen LogP) is 2.44. The van der Waals surface area contributed by atoms with Crippen LogP contribution in [0.2, 0.25) is 0 Å². The van der Waals surface area contributed by atoms with Gasteiger partial charge < -0.3 is 9.84 Å². The number of nitro groups is 1. The number of hydrogen-bond donors (Lipinski definition) is 2. The number of rotatable bonds is 5. The maximum atomic E-state index is 11.7. The van der Waals surface area contributed by atoms with Crippen LogP contribution in [0.5, 0.6) is 0 Å². The molecule has 1 amide bonds. The molecule has 0 atom stereocenters. The lowest BCUT2D eigenvalue weighted by atomic mass is 10.2. The minimum absolute atomic E-state index is 0.0118. The summed E-state index contributed by atoms with van der Waals surface area (Å²) in [5.41, 5.74) is -0.251. The molecular formula is C14H11N3O6. The number of hydrogen-bond acceptors (Lipinski definition) is 6. The Morgan fingerprint density at radius 1 is 1.30 bits per heavy atom. The molecule has 0 unspecified atom stereocenters. The van der Waals surface area contributed by atoms with Gasteiger partial charge in [0.2, 0.25) is 0 Å². The standard InChI is InChI=1S/C14H11N3O6/c18-13(19)11-6-10(17(21)22)7-15-12(11)16-14(20)23-8-9-4-2-1-3-5-9/h1-7H,8H2,(H,18,19)(H,15,16,20). The number of carbonyl (C=O) groups excluding carboxylic acids is 1. The van der Waals surface area contributed by atoms with Gasteiger partial charge in [-0.2, -0.15) is 0 Å². The Bertz CT molecular complexity index is 747. The summed E-state index contributed by atoms with van der Waals surface area (Å²) in [5, 5.41) is 21.8. The number of carboxylic acids is 1. The molecule has 1 heterocycles. The van der Waals surface area contributed by atoms with Crippen LogP contribution in [0.15, 0.2) is 42.6 Å². The van der Waals surface area contributed by atoms with Crippen molar-refractivity contribution in [3.63, 3.8) is 0 Å². The number of nitrogens with one attached hydrogen (secondary N) is 1. The molecular weight excluding hydrogens is 306 g/mol. The van der Waals surface area contributed by atoms with E-state index in [9.17, 15) is 19.7 Å². The van der Waals surface area contributed by atoms with Crippen molar-refractivity contribution in [2.24, 2.45) is 0 Å². The summed E-state index contributed by atoms with van der Waals surface area (Å²) in [6, 6.07) is 9.67. The Balaban J connectivity index is 2.08. The average molecular weight is 317 g/mol. The topological polar surface area (TPSA) is 132 Å². The molecule has 9 heteroatoms. The van der Waals surface area contributed by atoms with Crippen LogP contribution in [0, 0.1) is 10.1 Å². The molecule has 0 spiro atoms. The molecule has 118 valence electrons. The van der Waals surface area contributed by atoms with Crippen molar-refractivity contribution in [2.75, 3.05) is 5.32 Å². The summed E-state index contributed by atoms with van der Waals surface area (Å²) in [6.07, 6.45) is -0.0723. The second kappa shape index (κ2) is 6.98. The van der Waals surface area contributed by atoms with Crippen molar-refractivity contribution in [3.05, 3.63) is 63.8 Å². The summed E-state index contributed by atoms with van der Waals surface area (Å²) < 4.78 is 4.93. The molecule has 2 N–H and O–H groups in total. The van der Waals surface area contributed by atoms with E-state index >= 15 is 0 Å². The van der Waals surface area contributed by atoms with E-state index in [1.807, 2.05) is 6.07 Å². The first-order chi connectivity index (χ1) is 11.0. The molecule has 0 bridgehead atoms. The average Bonchev–Trinajstić information content (AvgIpc) is 2.54. The molecule has 0 aliphatic rings. The van der Waals surface area contributed by atoms with Crippen LogP contribution in [0.3, 0.4) is 0 Å².